The Balaban J connectivity index is 1.47. The molecule has 3 rings (SSSR count). The molecular formula is C18H23N3O3. The van der Waals surface area contributed by atoms with Crippen LogP contribution in [-0.4, -0.2) is 35.2 Å². The maximum Gasteiger partial charge on any atom is 0.337 e. The van der Waals surface area contributed by atoms with E-state index >= 15 is 0 Å². The normalized spacial score (nSPS) is 15.6. The first-order valence-electron chi connectivity index (χ1n) is 8.41. The van der Waals surface area contributed by atoms with Gasteiger partial charge < -0.3 is 19.7 Å². The Morgan fingerprint density at radius 1 is 1.29 bits per heavy atom. The first-order chi connectivity index (χ1) is 11.7. The summed E-state index contributed by atoms with van der Waals surface area (Å²) in [6.07, 6.45) is 4.41. The number of aromatic nitrogens is 1. The molecule has 1 fully saturated rings. The Morgan fingerprint density at radius 3 is 2.62 bits per heavy atom. The van der Waals surface area contributed by atoms with Crippen LogP contribution in [0.1, 0.15) is 41.6 Å². The molecule has 0 aliphatic carbocycles. The molecule has 0 bridgehead atoms. The predicted octanol–water partition coefficient (Wildman–Crippen LogP) is 2.69. The third-order valence-corrected chi connectivity index (χ3v) is 4.44. The SMILES string of the molecule is CCc1ccc(CNC2CCN(c3ccc(C(=O)O)cn3)CC2)o1. The summed E-state index contributed by atoms with van der Waals surface area (Å²) in [5, 5.41) is 12.5. The number of anilines is 1. The molecule has 0 radical (unpaired) electrons. The maximum atomic E-state index is 10.9. The summed E-state index contributed by atoms with van der Waals surface area (Å²) in [6, 6.07) is 7.93. The summed E-state index contributed by atoms with van der Waals surface area (Å²) < 4.78 is 5.71. The Bertz CT molecular complexity index is 673. The van der Waals surface area contributed by atoms with Crippen LogP contribution in [0.15, 0.2) is 34.9 Å². The number of furan rings is 1. The zero-order valence-electron chi connectivity index (χ0n) is 13.9. The van der Waals surface area contributed by atoms with E-state index in [1.54, 1.807) is 12.1 Å². The van der Waals surface area contributed by atoms with Crippen LogP contribution in [0.5, 0.6) is 0 Å². The van der Waals surface area contributed by atoms with Gasteiger partial charge in [0.1, 0.15) is 17.3 Å². The van der Waals surface area contributed by atoms with Crippen LogP contribution in [0.4, 0.5) is 5.82 Å². The largest absolute Gasteiger partial charge is 0.478 e. The average molecular weight is 329 g/mol. The zero-order chi connectivity index (χ0) is 16.9. The van der Waals surface area contributed by atoms with E-state index in [-0.39, 0.29) is 5.56 Å². The van der Waals surface area contributed by atoms with E-state index in [9.17, 15) is 4.79 Å². The second-order valence-electron chi connectivity index (χ2n) is 6.07. The minimum Gasteiger partial charge on any atom is -0.478 e. The minimum absolute atomic E-state index is 0.222. The van der Waals surface area contributed by atoms with Gasteiger partial charge in [-0.1, -0.05) is 6.92 Å². The summed E-state index contributed by atoms with van der Waals surface area (Å²) in [7, 11) is 0. The third kappa shape index (κ3) is 3.94. The van der Waals surface area contributed by atoms with Crippen LogP contribution in [0.25, 0.3) is 0 Å². The number of hydrogen-bond donors (Lipinski definition) is 2. The smallest absolute Gasteiger partial charge is 0.337 e. The fraction of sp³-hybridized carbons (Fsp3) is 0.444. The number of rotatable bonds is 6. The molecule has 24 heavy (non-hydrogen) atoms. The Kier molecular flexibility index (Phi) is 5.15. The summed E-state index contributed by atoms with van der Waals surface area (Å²) in [5.74, 6) is 1.91. The average Bonchev–Trinajstić information content (AvgIpc) is 3.09. The molecule has 0 spiro atoms. The second kappa shape index (κ2) is 7.49. The molecule has 6 heteroatoms. The van der Waals surface area contributed by atoms with Crippen molar-refractivity contribution in [2.24, 2.45) is 0 Å². The Hall–Kier alpha value is -2.34. The Labute approximate surface area is 141 Å². The number of aryl methyl sites for hydroxylation is 1. The van der Waals surface area contributed by atoms with Crippen molar-refractivity contribution in [3.8, 4) is 0 Å². The van der Waals surface area contributed by atoms with Crippen molar-refractivity contribution >= 4 is 11.8 Å². The highest BCUT2D eigenvalue weighted by atomic mass is 16.4. The number of hydrogen-bond acceptors (Lipinski definition) is 5. The maximum absolute atomic E-state index is 10.9. The number of carbonyl (C=O) groups is 1. The highest BCUT2D eigenvalue weighted by Crippen LogP contribution is 2.19. The highest BCUT2D eigenvalue weighted by Gasteiger charge is 2.20. The zero-order valence-corrected chi connectivity index (χ0v) is 13.9. The number of pyridine rings is 1. The third-order valence-electron chi connectivity index (χ3n) is 4.44. The second-order valence-corrected chi connectivity index (χ2v) is 6.07. The molecule has 2 aromatic heterocycles. The molecule has 1 aliphatic heterocycles. The van der Waals surface area contributed by atoms with Gasteiger partial charge in [-0.3, -0.25) is 0 Å². The van der Waals surface area contributed by atoms with Gasteiger partial charge in [0.25, 0.3) is 0 Å². The molecule has 3 heterocycles. The van der Waals surface area contributed by atoms with E-state index in [2.05, 4.69) is 22.1 Å². The van der Waals surface area contributed by atoms with Gasteiger partial charge in [-0.05, 0) is 37.1 Å². The van der Waals surface area contributed by atoms with Crippen molar-refractivity contribution in [2.45, 2.75) is 38.8 Å². The van der Waals surface area contributed by atoms with Gasteiger partial charge in [-0.25, -0.2) is 9.78 Å². The van der Waals surface area contributed by atoms with Gasteiger partial charge >= 0.3 is 5.97 Å². The van der Waals surface area contributed by atoms with Gasteiger partial charge in [0.15, 0.2) is 0 Å². The van der Waals surface area contributed by atoms with Crippen molar-refractivity contribution in [1.29, 1.82) is 0 Å². The molecule has 2 aromatic rings. The quantitative estimate of drug-likeness (QED) is 0.848. The van der Waals surface area contributed by atoms with E-state index in [1.807, 2.05) is 12.1 Å². The van der Waals surface area contributed by atoms with E-state index in [1.165, 1.54) is 6.20 Å². The van der Waals surface area contributed by atoms with E-state index in [0.29, 0.717) is 6.04 Å². The van der Waals surface area contributed by atoms with Gasteiger partial charge in [-0.2, -0.15) is 0 Å². The lowest BCUT2D eigenvalue weighted by Crippen LogP contribution is -2.42. The fourth-order valence-corrected chi connectivity index (χ4v) is 2.96. The van der Waals surface area contributed by atoms with Crippen LogP contribution < -0.4 is 10.2 Å². The first-order valence-corrected chi connectivity index (χ1v) is 8.41. The Morgan fingerprint density at radius 2 is 2.04 bits per heavy atom. The molecule has 2 N–H and O–H groups in total. The number of carboxylic acids is 1. The molecule has 0 saturated carbocycles. The van der Waals surface area contributed by atoms with Gasteiger partial charge in [0.05, 0.1) is 12.1 Å². The van der Waals surface area contributed by atoms with Gasteiger partial charge in [0, 0.05) is 31.7 Å². The standard InChI is InChI=1S/C18H23N3O3/c1-2-15-4-5-16(24-15)12-19-14-7-9-21(10-8-14)17-6-3-13(11-20-17)18(22)23/h3-6,11,14,19H,2,7-10,12H2,1H3,(H,22,23). The summed E-state index contributed by atoms with van der Waals surface area (Å²) >= 11 is 0. The fourth-order valence-electron chi connectivity index (χ4n) is 2.96. The predicted molar refractivity (Wildman–Crippen MR) is 91.4 cm³/mol. The number of aromatic carboxylic acids is 1. The summed E-state index contributed by atoms with van der Waals surface area (Å²) in [5.41, 5.74) is 0.222. The molecule has 0 atom stereocenters. The molecule has 0 unspecified atom stereocenters. The van der Waals surface area contributed by atoms with E-state index in [0.717, 1.165) is 56.2 Å². The number of piperidine rings is 1. The molecule has 0 amide bonds. The topological polar surface area (TPSA) is 78.6 Å². The van der Waals surface area contributed by atoms with Crippen molar-refractivity contribution < 1.29 is 14.3 Å². The molecule has 128 valence electrons. The number of carboxylic acid groups (broad SMARTS) is 1. The van der Waals surface area contributed by atoms with Crippen LogP contribution in [0.2, 0.25) is 0 Å². The van der Waals surface area contributed by atoms with Crippen molar-refractivity contribution in [3.63, 3.8) is 0 Å². The number of nitrogens with one attached hydrogen (secondary N) is 1. The minimum atomic E-state index is -0.943. The van der Waals surface area contributed by atoms with E-state index in [4.69, 9.17) is 9.52 Å². The summed E-state index contributed by atoms with van der Waals surface area (Å²) in [6.45, 7) is 4.67. The van der Waals surface area contributed by atoms with Crippen molar-refractivity contribution in [1.82, 2.24) is 10.3 Å². The van der Waals surface area contributed by atoms with Crippen LogP contribution in [-0.2, 0) is 13.0 Å². The van der Waals surface area contributed by atoms with E-state index < -0.39 is 5.97 Å². The van der Waals surface area contributed by atoms with Crippen LogP contribution in [0, 0.1) is 0 Å². The molecule has 1 saturated heterocycles. The first kappa shape index (κ1) is 16.5. The monoisotopic (exact) mass is 329 g/mol. The van der Waals surface area contributed by atoms with Gasteiger partial charge in [-0.15, -0.1) is 0 Å². The van der Waals surface area contributed by atoms with Crippen LogP contribution in [0.3, 0.4) is 0 Å². The van der Waals surface area contributed by atoms with Crippen LogP contribution >= 0.6 is 0 Å². The molecule has 1 aliphatic rings. The number of nitrogens with zero attached hydrogens (tertiary/aromatic N) is 2. The molecule has 6 nitrogen and oxygen atoms in total. The molecule has 0 aromatic carbocycles. The lowest BCUT2D eigenvalue weighted by molar-refractivity contribution is 0.0696. The molecular weight excluding hydrogens is 306 g/mol. The summed E-state index contributed by atoms with van der Waals surface area (Å²) in [4.78, 5) is 17.3. The lowest BCUT2D eigenvalue weighted by atomic mass is 10.0. The van der Waals surface area contributed by atoms with Crippen molar-refractivity contribution in [2.75, 3.05) is 18.0 Å². The lowest BCUT2D eigenvalue weighted by Gasteiger charge is -2.33. The van der Waals surface area contributed by atoms with Crippen molar-refractivity contribution in [3.05, 3.63) is 47.5 Å². The van der Waals surface area contributed by atoms with Gasteiger partial charge in [0.2, 0.25) is 0 Å². The highest BCUT2D eigenvalue weighted by molar-refractivity contribution is 5.87.